The van der Waals surface area contributed by atoms with E-state index < -0.39 is 0 Å². The lowest BCUT2D eigenvalue weighted by molar-refractivity contribution is 0.176. The fourth-order valence-corrected chi connectivity index (χ4v) is 4.27. The second kappa shape index (κ2) is 9.30. The van der Waals surface area contributed by atoms with Crippen LogP contribution in [0.25, 0.3) is 10.8 Å². The normalized spacial score (nSPS) is 15.4. The smallest absolute Gasteiger partial charge is 0.274 e. The molecule has 2 aromatic carbocycles. The van der Waals surface area contributed by atoms with Crippen LogP contribution in [0.1, 0.15) is 18.4 Å². The van der Waals surface area contributed by atoms with E-state index in [0.29, 0.717) is 23.4 Å². The highest BCUT2D eigenvalue weighted by Gasteiger charge is 2.19. The number of aromatic nitrogens is 2. The summed E-state index contributed by atoms with van der Waals surface area (Å²) in [6.45, 7) is 3.58. The minimum atomic E-state index is -0.0904. The van der Waals surface area contributed by atoms with Crippen LogP contribution in [0.3, 0.4) is 0 Å². The van der Waals surface area contributed by atoms with Gasteiger partial charge in [-0.15, -0.1) is 0 Å². The first-order valence-electron chi connectivity index (χ1n) is 10.6. The Morgan fingerprint density at radius 2 is 1.70 bits per heavy atom. The fraction of sp³-hybridized carbons (Fsp3) is 0.417. The number of methoxy groups -OCH3 is 2. The van der Waals surface area contributed by atoms with Crippen LogP contribution in [-0.2, 0) is 13.0 Å². The molecule has 6 heteroatoms. The van der Waals surface area contributed by atoms with Gasteiger partial charge in [0.1, 0.15) is 0 Å². The Morgan fingerprint density at radius 1 is 1.00 bits per heavy atom. The molecular formula is C24H29N3O3. The topological polar surface area (TPSA) is 56.6 Å². The quantitative estimate of drug-likeness (QED) is 0.601. The Hall–Kier alpha value is -2.86. The van der Waals surface area contributed by atoms with Gasteiger partial charge in [-0.2, -0.15) is 5.10 Å². The molecule has 0 radical (unpaired) electrons. The van der Waals surface area contributed by atoms with Crippen molar-refractivity contribution in [3.05, 3.63) is 64.6 Å². The van der Waals surface area contributed by atoms with Crippen LogP contribution in [0, 0.1) is 5.92 Å². The number of nitrogens with zero attached hydrogens (tertiary/aromatic N) is 3. The van der Waals surface area contributed by atoms with Gasteiger partial charge in [0, 0.05) is 11.9 Å². The average Bonchev–Trinajstić information content (AvgIpc) is 2.79. The Balaban J connectivity index is 1.37. The number of fused-ring (bicyclic) bond motifs is 1. The van der Waals surface area contributed by atoms with Crippen LogP contribution >= 0.6 is 0 Å². The van der Waals surface area contributed by atoms with E-state index in [1.54, 1.807) is 37.2 Å². The van der Waals surface area contributed by atoms with E-state index in [9.17, 15) is 4.79 Å². The Bertz CT molecular complexity index is 1040. The third kappa shape index (κ3) is 4.49. The van der Waals surface area contributed by atoms with E-state index in [4.69, 9.17) is 9.47 Å². The van der Waals surface area contributed by atoms with E-state index in [0.717, 1.165) is 37.4 Å². The number of likely N-dealkylation sites (tertiary alicyclic amines) is 1. The second-order valence-electron chi connectivity index (χ2n) is 7.94. The molecule has 0 N–H and O–H groups in total. The van der Waals surface area contributed by atoms with Crippen molar-refractivity contribution >= 4 is 10.8 Å². The monoisotopic (exact) mass is 407 g/mol. The lowest BCUT2D eigenvalue weighted by Gasteiger charge is -2.32. The second-order valence-corrected chi connectivity index (χ2v) is 7.94. The predicted octanol–water partition coefficient (Wildman–Crippen LogP) is 3.37. The van der Waals surface area contributed by atoms with Gasteiger partial charge < -0.3 is 14.4 Å². The molecule has 158 valence electrons. The van der Waals surface area contributed by atoms with Crippen molar-refractivity contribution in [3.63, 3.8) is 0 Å². The molecule has 0 saturated carbocycles. The van der Waals surface area contributed by atoms with Crippen LogP contribution in [-0.4, -0.2) is 48.5 Å². The third-order valence-corrected chi connectivity index (χ3v) is 6.06. The van der Waals surface area contributed by atoms with Gasteiger partial charge in [-0.05, 0) is 56.0 Å². The molecule has 4 rings (SSSR count). The molecule has 0 spiro atoms. The maximum Gasteiger partial charge on any atom is 0.274 e. The van der Waals surface area contributed by atoms with E-state index in [1.165, 1.54) is 18.4 Å². The van der Waals surface area contributed by atoms with Crippen LogP contribution in [0.2, 0.25) is 0 Å². The minimum absolute atomic E-state index is 0.0904. The van der Waals surface area contributed by atoms with Gasteiger partial charge in [-0.3, -0.25) is 4.79 Å². The summed E-state index contributed by atoms with van der Waals surface area (Å²) in [5, 5.41) is 5.73. The van der Waals surface area contributed by atoms with Crippen molar-refractivity contribution in [2.45, 2.75) is 25.8 Å². The summed E-state index contributed by atoms with van der Waals surface area (Å²) in [6.07, 6.45) is 5.29. The SMILES string of the molecule is COc1cc2cnn(CCN3CCC(Cc4ccccc4)CC3)c(=O)c2cc1OC. The molecule has 0 bridgehead atoms. The van der Waals surface area contributed by atoms with Gasteiger partial charge in [0.15, 0.2) is 11.5 Å². The molecule has 1 saturated heterocycles. The number of benzene rings is 2. The zero-order valence-corrected chi connectivity index (χ0v) is 17.7. The molecule has 0 unspecified atom stereocenters. The van der Waals surface area contributed by atoms with Gasteiger partial charge in [0.25, 0.3) is 5.56 Å². The summed E-state index contributed by atoms with van der Waals surface area (Å²) in [6, 6.07) is 14.3. The van der Waals surface area contributed by atoms with Gasteiger partial charge in [-0.1, -0.05) is 30.3 Å². The van der Waals surface area contributed by atoms with Crippen LogP contribution < -0.4 is 15.0 Å². The highest BCUT2D eigenvalue weighted by Crippen LogP contribution is 2.30. The van der Waals surface area contributed by atoms with Gasteiger partial charge in [0.05, 0.1) is 32.3 Å². The van der Waals surface area contributed by atoms with Crippen molar-refractivity contribution in [3.8, 4) is 11.5 Å². The van der Waals surface area contributed by atoms with E-state index in [2.05, 4.69) is 40.3 Å². The third-order valence-electron chi connectivity index (χ3n) is 6.06. The Kier molecular flexibility index (Phi) is 6.33. The molecule has 30 heavy (non-hydrogen) atoms. The first kappa shape index (κ1) is 20.4. The summed E-state index contributed by atoms with van der Waals surface area (Å²) >= 11 is 0. The zero-order valence-electron chi connectivity index (χ0n) is 17.7. The molecule has 2 heterocycles. The van der Waals surface area contributed by atoms with Gasteiger partial charge >= 0.3 is 0 Å². The molecule has 1 aliphatic rings. The number of rotatable bonds is 7. The zero-order chi connectivity index (χ0) is 20.9. The molecule has 1 fully saturated rings. The first-order valence-corrected chi connectivity index (χ1v) is 10.6. The minimum Gasteiger partial charge on any atom is -0.493 e. The summed E-state index contributed by atoms with van der Waals surface area (Å²) < 4.78 is 12.2. The van der Waals surface area contributed by atoms with Crippen molar-refractivity contribution in [2.24, 2.45) is 5.92 Å². The molecular weight excluding hydrogens is 378 g/mol. The molecule has 0 amide bonds. The average molecular weight is 408 g/mol. The highest BCUT2D eigenvalue weighted by molar-refractivity contribution is 5.84. The van der Waals surface area contributed by atoms with Gasteiger partial charge in [-0.25, -0.2) is 4.68 Å². The standard InChI is InChI=1S/C24H29N3O3/c1-29-22-15-20-17-25-27(24(28)21(20)16-23(22)30-2)13-12-26-10-8-19(9-11-26)14-18-6-4-3-5-7-18/h3-7,15-17,19H,8-14H2,1-2H3. The Morgan fingerprint density at radius 3 is 2.40 bits per heavy atom. The molecule has 1 aromatic heterocycles. The van der Waals surface area contributed by atoms with Crippen molar-refractivity contribution in [2.75, 3.05) is 33.9 Å². The van der Waals surface area contributed by atoms with Crippen molar-refractivity contribution in [1.29, 1.82) is 0 Å². The van der Waals surface area contributed by atoms with E-state index in [1.807, 2.05) is 0 Å². The Labute approximate surface area is 177 Å². The lowest BCUT2D eigenvalue weighted by atomic mass is 9.90. The molecule has 3 aromatic rings. The summed E-state index contributed by atoms with van der Waals surface area (Å²) in [5.74, 6) is 1.90. The van der Waals surface area contributed by atoms with Crippen LogP contribution in [0.5, 0.6) is 11.5 Å². The summed E-state index contributed by atoms with van der Waals surface area (Å²) in [5.41, 5.74) is 1.34. The van der Waals surface area contributed by atoms with E-state index in [-0.39, 0.29) is 5.56 Å². The molecule has 0 aliphatic carbocycles. The maximum absolute atomic E-state index is 12.9. The fourth-order valence-electron chi connectivity index (χ4n) is 4.27. The largest absolute Gasteiger partial charge is 0.493 e. The van der Waals surface area contributed by atoms with Gasteiger partial charge in [0.2, 0.25) is 0 Å². The lowest BCUT2D eigenvalue weighted by Crippen LogP contribution is -2.38. The van der Waals surface area contributed by atoms with Crippen LogP contribution in [0.4, 0.5) is 0 Å². The van der Waals surface area contributed by atoms with Crippen LogP contribution in [0.15, 0.2) is 53.5 Å². The van der Waals surface area contributed by atoms with Crippen molar-refractivity contribution < 1.29 is 9.47 Å². The molecule has 0 atom stereocenters. The summed E-state index contributed by atoms with van der Waals surface area (Å²) in [7, 11) is 3.16. The number of hydrogen-bond acceptors (Lipinski definition) is 5. The number of hydrogen-bond donors (Lipinski definition) is 0. The van der Waals surface area contributed by atoms with Crippen molar-refractivity contribution in [1.82, 2.24) is 14.7 Å². The molecule has 1 aliphatic heterocycles. The number of piperidine rings is 1. The first-order chi connectivity index (χ1) is 14.7. The molecule has 6 nitrogen and oxygen atoms in total. The maximum atomic E-state index is 12.9. The highest BCUT2D eigenvalue weighted by atomic mass is 16.5. The summed E-state index contributed by atoms with van der Waals surface area (Å²) in [4.78, 5) is 15.3. The number of ether oxygens (including phenoxy) is 2. The predicted molar refractivity (Wildman–Crippen MR) is 118 cm³/mol. The van der Waals surface area contributed by atoms with E-state index >= 15 is 0 Å².